The van der Waals surface area contributed by atoms with E-state index in [1.54, 1.807) is 12.1 Å². The Hall–Kier alpha value is -4.00. The van der Waals surface area contributed by atoms with Gasteiger partial charge < -0.3 is 20.5 Å². The summed E-state index contributed by atoms with van der Waals surface area (Å²) in [7, 11) is 0. The monoisotopic (exact) mass is 586 g/mol. The van der Waals surface area contributed by atoms with Crippen molar-refractivity contribution in [2.24, 2.45) is 0 Å². The highest BCUT2D eigenvalue weighted by molar-refractivity contribution is 7.98. The first kappa shape index (κ1) is 28.5. The molecule has 1 atom stereocenters. The molecule has 0 radical (unpaired) electrons. The van der Waals surface area contributed by atoms with Crippen LogP contribution in [-0.2, 0) is 21.6 Å². The number of nitrogen functional groups attached to an aromatic ring is 1. The average molecular weight is 587 g/mol. The Morgan fingerprint density at radius 2 is 1.93 bits per heavy atom. The molecule has 0 bridgehead atoms. The number of aromatic nitrogens is 2. The number of anilines is 3. The van der Waals surface area contributed by atoms with E-state index in [9.17, 15) is 14.9 Å². The second kappa shape index (κ2) is 12.2. The van der Waals surface area contributed by atoms with Crippen LogP contribution in [-0.4, -0.2) is 28.5 Å². The number of nitriles is 2. The molecule has 0 saturated carbocycles. The van der Waals surface area contributed by atoms with Crippen molar-refractivity contribution in [1.82, 2.24) is 9.97 Å². The highest BCUT2D eigenvalue weighted by atomic mass is 32.2. The number of nitrogens with two attached hydrogens (primary N) is 1. The fourth-order valence-electron chi connectivity index (χ4n) is 4.52. The molecule has 1 saturated heterocycles. The number of hydrogen-bond acceptors (Lipinski definition) is 10. The predicted octanol–water partition coefficient (Wildman–Crippen LogP) is 6.79. The summed E-state index contributed by atoms with van der Waals surface area (Å²) in [5.41, 5.74) is 10.3. The van der Waals surface area contributed by atoms with Crippen LogP contribution in [0.15, 0.2) is 58.9 Å². The van der Waals surface area contributed by atoms with E-state index in [0.717, 1.165) is 29.7 Å². The molecule has 0 unspecified atom stereocenters. The zero-order valence-corrected chi connectivity index (χ0v) is 24.1. The van der Waals surface area contributed by atoms with E-state index in [1.807, 2.05) is 43.5 Å². The predicted molar refractivity (Wildman–Crippen MR) is 158 cm³/mol. The van der Waals surface area contributed by atoms with Crippen LogP contribution in [0.5, 0.6) is 0 Å². The topological polar surface area (TPSA) is 130 Å². The van der Waals surface area contributed by atoms with Gasteiger partial charge in [-0.25, -0.2) is 14.4 Å². The van der Waals surface area contributed by atoms with Crippen molar-refractivity contribution in [3.63, 3.8) is 0 Å². The second-order valence-electron chi connectivity index (χ2n) is 9.91. The Morgan fingerprint density at radius 1 is 1.15 bits per heavy atom. The summed E-state index contributed by atoms with van der Waals surface area (Å²) in [5.74, 6) is -0.384. The van der Waals surface area contributed by atoms with Crippen molar-refractivity contribution in [3.05, 3.63) is 82.1 Å². The SMILES string of the molecule is CC1(C)OC[C@H](CCc2ccc(-c3c(C#N)c(N)nc(SCc4csc(Nc5cccc(F)c5)n4)c3C#N)cc2)O1. The lowest BCUT2D eigenvalue weighted by atomic mass is 9.95. The van der Waals surface area contributed by atoms with Gasteiger partial charge in [-0.1, -0.05) is 42.1 Å². The highest BCUT2D eigenvalue weighted by Crippen LogP contribution is 2.37. The lowest BCUT2D eigenvalue weighted by Crippen LogP contribution is -2.21. The van der Waals surface area contributed by atoms with Gasteiger partial charge in [0.25, 0.3) is 0 Å². The number of aryl methyl sites for hydroxylation is 1. The summed E-state index contributed by atoms with van der Waals surface area (Å²) >= 11 is 2.71. The van der Waals surface area contributed by atoms with E-state index in [2.05, 4.69) is 27.4 Å². The molecular formula is C30H27FN6O2S2. The van der Waals surface area contributed by atoms with Crippen molar-refractivity contribution in [3.8, 4) is 23.3 Å². The average Bonchev–Trinajstić information content (AvgIpc) is 3.55. The summed E-state index contributed by atoms with van der Waals surface area (Å²) in [5, 5.41) is 26.0. The molecule has 5 rings (SSSR count). The van der Waals surface area contributed by atoms with Crippen LogP contribution in [0.3, 0.4) is 0 Å². The van der Waals surface area contributed by atoms with E-state index in [4.69, 9.17) is 15.2 Å². The minimum atomic E-state index is -0.547. The van der Waals surface area contributed by atoms with Gasteiger partial charge in [0.15, 0.2) is 10.9 Å². The molecular weight excluding hydrogens is 560 g/mol. The molecule has 8 nitrogen and oxygen atoms in total. The standard InChI is InChI=1S/C30H27FN6O2S2/c1-30(2)38-15-23(39-30)11-8-18-6-9-19(10-7-18)26-24(13-32)27(34)37-28(25(26)14-33)40-16-22-17-41-29(36-22)35-21-5-3-4-20(31)12-21/h3-7,9-10,12,17,23H,8,11,15-16H2,1-2H3,(H2,34,37)(H,35,36)/t23-/m0/s1. The zero-order chi connectivity index (χ0) is 29.0. The molecule has 3 heterocycles. The fraction of sp³-hybridized carbons (Fsp3) is 0.267. The number of hydrogen-bond donors (Lipinski definition) is 2. The lowest BCUT2D eigenvalue weighted by Gasteiger charge is -2.17. The van der Waals surface area contributed by atoms with Crippen molar-refractivity contribution in [2.75, 3.05) is 17.7 Å². The van der Waals surface area contributed by atoms with Gasteiger partial charge in [0, 0.05) is 22.4 Å². The van der Waals surface area contributed by atoms with Gasteiger partial charge in [-0.15, -0.1) is 11.3 Å². The maximum Gasteiger partial charge on any atom is 0.187 e. The van der Waals surface area contributed by atoms with Crippen LogP contribution in [0.25, 0.3) is 11.1 Å². The number of thiazole rings is 1. The summed E-state index contributed by atoms with van der Waals surface area (Å²) in [4.78, 5) is 8.95. The van der Waals surface area contributed by atoms with Crippen LogP contribution < -0.4 is 11.1 Å². The number of pyridine rings is 1. The Labute approximate surface area is 246 Å². The quantitative estimate of drug-likeness (QED) is 0.204. The Morgan fingerprint density at radius 3 is 2.61 bits per heavy atom. The van der Waals surface area contributed by atoms with Crippen molar-refractivity contribution in [2.45, 2.75) is 49.4 Å². The number of nitrogens with zero attached hydrogens (tertiary/aromatic N) is 4. The number of nitrogens with one attached hydrogen (secondary N) is 1. The van der Waals surface area contributed by atoms with Gasteiger partial charge >= 0.3 is 0 Å². The summed E-state index contributed by atoms with van der Waals surface area (Å²) in [6.45, 7) is 4.40. The van der Waals surface area contributed by atoms with Crippen molar-refractivity contribution in [1.29, 1.82) is 10.5 Å². The zero-order valence-electron chi connectivity index (χ0n) is 22.5. The normalized spacial score (nSPS) is 15.8. The molecule has 3 N–H and O–H groups in total. The molecule has 11 heteroatoms. The Bertz CT molecular complexity index is 1640. The number of halogens is 1. The summed E-state index contributed by atoms with van der Waals surface area (Å²) in [6.07, 6.45) is 1.68. The highest BCUT2D eigenvalue weighted by Gasteiger charge is 2.32. The van der Waals surface area contributed by atoms with Crippen LogP contribution in [0.4, 0.5) is 21.0 Å². The first-order valence-electron chi connectivity index (χ1n) is 12.9. The lowest BCUT2D eigenvalue weighted by molar-refractivity contribution is -0.138. The van der Waals surface area contributed by atoms with Gasteiger partial charge in [-0.3, -0.25) is 0 Å². The third kappa shape index (κ3) is 6.84. The molecule has 2 aromatic carbocycles. The van der Waals surface area contributed by atoms with Crippen LogP contribution >= 0.6 is 23.1 Å². The van der Waals surface area contributed by atoms with E-state index in [-0.39, 0.29) is 23.3 Å². The Kier molecular flexibility index (Phi) is 8.52. The molecule has 4 aromatic rings. The maximum atomic E-state index is 13.5. The first-order valence-corrected chi connectivity index (χ1v) is 14.8. The summed E-state index contributed by atoms with van der Waals surface area (Å²) < 4.78 is 25.0. The fourth-order valence-corrected chi connectivity index (χ4v) is 6.25. The van der Waals surface area contributed by atoms with Gasteiger partial charge in [-0.05, 0) is 56.0 Å². The molecule has 0 aliphatic carbocycles. The molecule has 1 fully saturated rings. The Balaban J connectivity index is 1.32. The third-order valence-electron chi connectivity index (χ3n) is 6.46. The molecule has 1 aliphatic rings. The van der Waals surface area contributed by atoms with E-state index >= 15 is 0 Å². The molecule has 1 aliphatic heterocycles. The van der Waals surface area contributed by atoms with Crippen molar-refractivity contribution >= 4 is 39.7 Å². The third-order valence-corrected chi connectivity index (χ3v) is 8.28. The van der Waals surface area contributed by atoms with E-state index in [1.165, 1.54) is 35.2 Å². The molecule has 208 valence electrons. The molecule has 0 amide bonds. The molecule has 41 heavy (non-hydrogen) atoms. The summed E-state index contributed by atoms with van der Waals surface area (Å²) in [6, 6.07) is 18.3. The van der Waals surface area contributed by atoms with Crippen molar-refractivity contribution < 1.29 is 13.9 Å². The first-order chi connectivity index (χ1) is 19.7. The van der Waals surface area contributed by atoms with Crippen LogP contribution in [0, 0.1) is 28.5 Å². The maximum absolute atomic E-state index is 13.5. The number of benzene rings is 2. The molecule has 2 aromatic heterocycles. The second-order valence-corrected chi connectivity index (χ2v) is 11.7. The van der Waals surface area contributed by atoms with E-state index < -0.39 is 5.79 Å². The molecule has 0 spiro atoms. The van der Waals surface area contributed by atoms with Crippen LogP contribution in [0.2, 0.25) is 0 Å². The van der Waals surface area contributed by atoms with E-state index in [0.29, 0.717) is 39.3 Å². The minimum Gasteiger partial charge on any atom is -0.383 e. The van der Waals surface area contributed by atoms with Gasteiger partial charge in [0.05, 0.1) is 24.0 Å². The van der Waals surface area contributed by atoms with Crippen LogP contribution in [0.1, 0.15) is 42.7 Å². The largest absolute Gasteiger partial charge is 0.383 e. The van der Waals surface area contributed by atoms with Gasteiger partial charge in [0.2, 0.25) is 0 Å². The van der Waals surface area contributed by atoms with Gasteiger partial charge in [-0.2, -0.15) is 10.5 Å². The van der Waals surface area contributed by atoms with Gasteiger partial charge in [0.1, 0.15) is 34.4 Å². The smallest absolute Gasteiger partial charge is 0.187 e. The number of rotatable bonds is 9. The minimum absolute atomic E-state index is 0.0468. The number of ether oxygens (including phenoxy) is 2. The number of thioether (sulfide) groups is 1.